The molecule has 0 spiro atoms. The Morgan fingerprint density at radius 1 is 1.16 bits per heavy atom. The Morgan fingerprint density at radius 3 is 2.52 bits per heavy atom. The molecule has 8 unspecified atom stereocenters. The van der Waals surface area contributed by atoms with Gasteiger partial charge in [-0.15, -0.1) is 0 Å². The van der Waals surface area contributed by atoms with Gasteiger partial charge in [-0.3, -0.25) is 34.5 Å². The van der Waals surface area contributed by atoms with E-state index >= 15 is 0 Å². The normalized spacial score (nSPS) is 33.6. The molecule has 4 fully saturated rings. The van der Waals surface area contributed by atoms with Crippen molar-refractivity contribution in [2.75, 3.05) is 46.5 Å². The van der Waals surface area contributed by atoms with Crippen LogP contribution >= 0.6 is 0 Å². The molecular formula is C46H63N7O10. The number of likely N-dealkylation sites (N-methyl/N-ethyl adjacent to an activating group) is 1. The lowest BCUT2D eigenvalue weighted by molar-refractivity contribution is -0.191. The SMILES string of the molecule is C=C1C(NC(C)C(=O)N2CCOCC2)CC2[C@](C)(CC[C@@H](O)[C@@]2(C)CO)C1CC(NC(C)C(=O)CC1=NCC=N1)C1=C/C(=C\C2=CN3C(=O)C(CC)N(C)C3C=C2)OC1=O.O=C=O. The van der Waals surface area contributed by atoms with Gasteiger partial charge in [0, 0.05) is 43.0 Å². The highest BCUT2D eigenvalue weighted by Crippen LogP contribution is 2.62. The zero-order chi connectivity index (χ0) is 45.8. The van der Waals surface area contributed by atoms with E-state index in [1.54, 1.807) is 36.4 Å². The summed E-state index contributed by atoms with van der Waals surface area (Å²) in [6.45, 7) is 16.7. The van der Waals surface area contributed by atoms with E-state index in [-0.39, 0.29) is 66.9 Å². The lowest BCUT2D eigenvalue weighted by Crippen LogP contribution is -2.63. The summed E-state index contributed by atoms with van der Waals surface area (Å²) in [5.41, 5.74) is 0.588. The summed E-state index contributed by atoms with van der Waals surface area (Å²) in [5, 5.41) is 29.5. The number of amidine groups is 1. The van der Waals surface area contributed by atoms with Gasteiger partial charge < -0.3 is 29.9 Å². The van der Waals surface area contributed by atoms with Crippen LogP contribution in [0, 0.1) is 22.7 Å². The summed E-state index contributed by atoms with van der Waals surface area (Å²) >= 11 is 0. The second-order valence-corrected chi connectivity index (χ2v) is 18.3. The molecule has 0 bridgehead atoms. The number of rotatable bonds is 14. The zero-order valence-corrected chi connectivity index (χ0v) is 37.2. The lowest BCUT2D eigenvalue weighted by atomic mass is 9.45. The van der Waals surface area contributed by atoms with E-state index in [1.165, 1.54) is 0 Å². The predicted octanol–water partition coefficient (Wildman–Crippen LogP) is 1.84. The largest absolute Gasteiger partial charge is 0.423 e. The van der Waals surface area contributed by atoms with Crippen LogP contribution < -0.4 is 10.6 Å². The molecular weight excluding hydrogens is 811 g/mol. The van der Waals surface area contributed by atoms with Gasteiger partial charge in [0.2, 0.25) is 11.8 Å². The van der Waals surface area contributed by atoms with Crippen molar-refractivity contribution in [3.05, 3.63) is 59.6 Å². The number of hydrogen-bond donors (Lipinski definition) is 4. The van der Waals surface area contributed by atoms with Gasteiger partial charge in [-0.2, -0.15) is 9.59 Å². The minimum atomic E-state index is -0.845. The van der Waals surface area contributed by atoms with Crippen molar-refractivity contribution >= 4 is 41.8 Å². The van der Waals surface area contributed by atoms with Gasteiger partial charge in [0.15, 0.2) is 5.78 Å². The Bertz CT molecular complexity index is 2030. The zero-order valence-electron chi connectivity index (χ0n) is 37.2. The van der Waals surface area contributed by atoms with Crippen LogP contribution in [0.4, 0.5) is 0 Å². The van der Waals surface area contributed by atoms with E-state index in [9.17, 15) is 29.4 Å². The fourth-order valence-corrected chi connectivity index (χ4v) is 10.9. The number of allylic oxidation sites excluding steroid dienone is 4. The van der Waals surface area contributed by atoms with Crippen molar-refractivity contribution in [3.8, 4) is 0 Å². The van der Waals surface area contributed by atoms with Crippen molar-refractivity contribution in [1.29, 1.82) is 0 Å². The molecule has 2 aliphatic carbocycles. The number of Topliss-reactive ketones (excluding diaryl/α,β-unsaturated/α-hetero) is 1. The highest BCUT2D eigenvalue weighted by atomic mass is 16.5. The van der Waals surface area contributed by atoms with Crippen LogP contribution in [-0.2, 0) is 38.2 Å². The topological polar surface area (TPSA) is 220 Å². The number of ketones is 1. The summed E-state index contributed by atoms with van der Waals surface area (Å²) in [7, 11) is 1.94. The third kappa shape index (κ3) is 9.70. The summed E-state index contributed by atoms with van der Waals surface area (Å²) in [4.78, 5) is 84.9. The minimum absolute atomic E-state index is 0.0155. The Balaban J connectivity index is 0.00000214. The molecule has 0 aromatic carbocycles. The maximum absolute atomic E-state index is 14.0. The molecule has 2 amide bonds. The summed E-state index contributed by atoms with van der Waals surface area (Å²) < 4.78 is 11.4. The highest BCUT2D eigenvalue weighted by Gasteiger charge is 2.60. The number of aliphatic hydroxyl groups excluding tert-OH is 2. The van der Waals surface area contributed by atoms with Crippen LogP contribution in [0.3, 0.4) is 0 Å². The van der Waals surface area contributed by atoms with Crippen LogP contribution in [0.1, 0.15) is 73.1 Å². The number of esters is 1. The van der Waals surface area contributed by atoms with Crippen LogP contribution in [0.15, 0.2) is 69.5 Å². The first-order valence-electron chi connectivity index (χ1n) is 22.0. The van der Waals surface area contributed by atoms with Crippen molar-refractivity contribution < 1.29 is 48.5 Å². The van der Waals surface area contributed by atoms with Crippen molar-refractivity contribution in [1.82, 2.24) is 25.3 Å². The molecule has 63 heavy (non-hydrogen) atoms. The highest BCUT2D eigenvalue weighted by molar-refractivity contribution is 6.07. The summed E-state index contributed by atoms with van der Waals surface area (Å²) in [6, 6.07) is -2.50. The Labute approximate surface area is 369 Å². The van der Waals surface area contributed by atoms with Crippen LogP contribution in [0.2, 0.25) is 0 Å². The Kier molecular flexibility index (Phi) is 15.1. The molecule has 17 nitrogen and oxygen atoms in total. The maximum Gasteiger partial charge on any atom is 0.373 e. The first-order chi connectivity index (χ1) is 30.0. The van der Waals surface area contributed by atoms with E-state index in [0.29, 0.717) is 87.7 Å². The molecule has 4 N–H and O–H groups in total. The van der Waals surface area contributed by atoms with E-state index in [0.717, 1.165) is 5.57 Å². The van der Waals surface area contributed by atoms with Crippen molar-refractivity contribution in [2.24, 2.45) is 32.7 Å². The number of aliphatic hydroxyl groups is 2. The van der Waals surface area contributed by atoms with Gasteiger partial charge in [-0.25, -0.2) is 9.79 Å². The number of cyclic esters (lactones) is 1. The molecule has 7 rings (SSSR count). The number of morpholine rings is 1. The molecule has 342 valence electrons. The molecule has 5 heterocycles. The van der Waals surface area contributed by atoms with E-state index in [1.807, 2.05) is 49.8 Å². The predicted molar refractivity (Wildman–Crippen MR) is 231 cm³/mol. The number of nitrogens with zero attached hydrogens (tertiary/aromatic N) is 5. The van der Waals surface area contributed by atoms with Gasteiger partial charge >= 0.3 is 12.1 Å². The number of carbonyl (C=O) groups is 4. The quantitative estimate of drug-likeness (QED) is 0.145. The maximum atomic E-state index is 14.0. The number of fused-ring (bicyclic) bond motifs is 2. The fraction of sp³-hybridized carbons (Fsp3) is 0.630. The van der Waals surface area contributed by atoms with Gasteiger partial charge in [0.1, 0.15) is 17.8 Å². The van der Waals surface area contributed by atoms with Crippen LogP contribution in [0.25, 0.3) is 0 Å². The number of ether oxygens (including phenoxy) is 2. The number of hydrogen-bond acceptors (Lipinski definition) is 15. The second-order valence-electron chi connectivity index (χ2n) is 18.3. The van der Waals surface area contributed by atoms with Crippen LogP contribution in [-0.4, -0.2) is 156 Å². The summed E-state index contributed by atoms with van der Waals surface area (Å²) in [5.74, 6) is -0.393. The molecule has 5 aliphatic heterocycles. The minimum Gasteiger partial charge on any atom is -0.423 e. The van der Waals surface area contributed by atoms with Gasteiger partial charge in [-0.05, 0) is 94.1 Å². The monoisotopic (exact) mass is 873 g/mol. The molecule has 11 atom stereocenters. The van der Waals surface area contributed by atoms with Crippen molar-refractivity contribution in [3.63, 3.8) is 0 Å². The lowest BCUT2D eigenvalue weighted by Gasteiger charge is -2.62. The smallest absolute Gasteiger partial charge is 0.373 e. The van der Waals surface area contributed by atoms with Gasteiger partial charge in [0.25, 0.3) is 0 Å². The number of aliphatic imine (C=N–C) groups is 2. The Morgan fingerprint density at radius 2 is 1.87 bits per heavy atom. The van der Waals surface area contributed by atoms with Crippen molar-refractivity contribution in [2.45, 2.75) is 116 Å². The first kappa shape index (κ1) is 47.7. The number of amides is 2. The number of nitrogens with one attached hydrogen (secondary N) is 2. The third-order valence-corrected chi connectivity index (χ3v) is 14.6. The Hall–Kier alpha value is -4.74. The van der Waals surface area contributed by atoms with Gasteiger partial charge in [-0.1, -0.05) is 39.0 Å². The molecule has 0 radical (unpaired) electrons. The second kappa shape index (κ2) is 20.0. The third-order valence-electron chi connectivity index (χ3n) is 14.6. The van der Waals surface area contributed by atoms with Gasteiger partial charge in [0.05, 0.1) is 62.6 Å². The van der Waals surface area contributed by atoms with E-state index in [4.69, 9.17) is 25.6 Å². The molecule has 17 heteroatoms. The molecule has 2 saturated heterocycles. The molecule has 0 aromatic heterocycles. The summed E-state index contributed by atoms with van der Waals surface area (Å²) in [6.07, 6.45) is 12.9. The molecule has 2 saturated carbocycles. The average Bonchev–Trinajstić information content (AvgIpc) is 3.98. The average molecular weight is 874 g/mol. The fourth-order valence-electron chi connectivity index (χ4n) is 10.9. The molecule has 7 aliphatic rings. The van der Waals surface area contributed by atoms with E-state index < -0.39 is 41.0 Å². The standard InChI is InChI=1S/C45H63N7O8.CO2/c1-8-35-42(57)52-24-29(9-10-40(52)50(35)7)19-30-20-31(43(58)60-30)34(48-27(3)36(54)23-39-46-13-14-47-39)21-32-26(2)33(49-28(4)41(56)51-15-17-59-18-16-51)22-37-44(32,5)12-11-38(55)45(37,6)25-53;2-1-3/h9-10,13,19-20,24,27-28,32-35,37-38,40,48-49,53,55H,2,8,11-12,14-18,21-23,25H2,1,3-7H3;/b30-19+;/t27?,28?,32?,33?,34?,35?,37?,38-,40?,44-,45+;/m1./s1. The molecule has 0 aromatic rings. The first-order valence-corrected chi connectivity index (χ1v) is 22.0. The van der Waals surface area contributed by atoms with Crippen LogP contribution in [0.5, 0.6) is 0 Å². The number of carbonyl (C=O) groups excluding carboxylic acids is 6. The van der Waals surface area contributed by atoms with E-state index in [2.05, 4.69) is 27.5 Å².